The third kappa shape index (κ3) is 8.76. The predicted octanol–water partition coefficient (Wildman–Crippen LogP) is -0.470. The van der Waals surface area contributed by atoms with Gasteiger partial charge in [0.05, 0.1) is 26.2 Å². The number of hydrogen-bond donors (Lipinski definition) is 2. The van der Waals surface area contributed by atoms with E-state index in [9.17, 15) is 18.4 Å². The fraction of sp³-hybridized carbons (Fsp3) is 0.833. The minimum atomic E-state index is -2.58. The summed E-state index contributed by atoms with van der Waals surface area (Å²) in [6.45, 7) is 1.19. The summed E-state index contributed by atoms with van der Waals surface area (Å²) in [4.78, 5) is 25.6. The largest absolute Gasteiger partial charge is 0.395 e. The van der Waals surface area contributed by atoms with Crippen LogP contribution >= 0.6 is 0 Å². The lowest BCUT2D eigenvalue weighted by Crippen LogP contribution is -2.45. The van der Waals surface area contributed by atoms with Gasteiger partial charge in [0.1, 0.15) is 0 Å². The van der Waals surface area contributed by atoms with Crippen LogP contribution in [-0.2, 0) is 9.59 Å². The summed E-state index contributed by atoms with van der Waals surface area (Å²) >= 11 is 0. The number of carbonyl (C=O) groups is 2. The Morgan fingerprint density at radius 1 is 1.30 bits per heavy atom. The first-order valence-corrected chi connectivity index (χ1v) is 6.52. The van der Waals surface area contributed by atoms with E-state index in [1.807, 2.05) is 6.92 Å². The molecule has 2 N–H and O–H groups in total. The number of nitrogens with one attached hydrogen (secondary N) is 1. The van der Waals surface area contributed by atoms with Gasteiger partial charge in [-0.05, 0) is 6.42 Å². The molecule has 0 aliphatic rings. The van der Waals surface area contributed by atoms with Gasteiger partial charge in [-0.3, -0.25) is 14.5 Å². The van der Waals surface area contributed by atoms with E-state index in [2.05, 4.69) is 5.32 Å². The fourth-order valence-electron chi connectivity index (χ4n) is 1.51. The summed E-state index contributed by atoms with van der Waals surface area (Å²) in [6, 6.07) is 0. The molecule has 0 rings (SSSR count). The molecule has 0 bridgehead atoms. The summed E-state index contributed by atoms with van der Waals surface area (Å²) in [5.41, 5.74) is 0. The second-order valence-corrected chi connectivity index (χ2v) is 4.45. The Balaban J connectivity index is 4.23. The minimum Gasteiger partial charge on any atom is -0.395 e. The average Bonchev–Trinajstić information content (AvgIpc) is 2.35. The zero-order valence-corrected chi connectivity index (χ0v) is 11.9. The molecule has 0 unspecified atom stereocenters. The molecule has 8 heteroatoms. The van der Waals surface area contributed by atoms with Crippen LogP contribution in [0.4, 0.5) is 8.78 Å². The third-order valence-corrected chi connectivity index (χ3v) is 2.55. The van der Waals surface area contributed by atoms with E-state index in [1.54, 1.807) is 0 Å². The number of amides is 2. The number of aliphatic hydroxyl groups excluding tert-OH is 1. The number of carbonyl (C=O) groups excluding carboxylic acids is 2. The van der Waals surface area contributed by atoms with Crippen LogP contribution in [0.1, 0.15) is 13.3 Å². The van der Waals surface area contributed by atoms with Gasteiger partial charge >= 0.3 is 0 Å². The molecule has 0 aromatic rings. The van der Waals surface area contributed by atoms with Gasteiger partial charge in [0.15, 0.2) is 0 Å². The lowest BCUT2D eigenvalue weighted by atomic mass is 10.4. The molecular formula is C12H23F2N3O3. The Labute approximate surface area is 117 Å². The molecule has 20 heavy (non-hydrogen) atoms. The Morgan fingerprint density at radius 2 is 1.95 bits per heavy atom. The maximum Gasteiger partial charge on any atom is 0.251 e. The molecule has 0 aromatic carbocycles. The van der Waals surface area contributed by atoms with Crippen molar-refractivity contribution in [3.05, 3.63) is 0 Å². The van der Waals surface area contributed by atoms with Crippen molar-refractivity contribution in [3.63, 3.8) is 0 Å². The molecule has 0 saturated carbocycles. The Morgan fingerprint density at radius 3 is 2.45 bits per heavy atom. The Hall–Kier alpha value is -1.28. The van der Waals surface area contributed by atoms with Crippen molar-refractivity contribution in [2.24, 2.45) is 0 Å². The second kappa shape index (κ2) is 10.5. The van der Waals surface area contributed by atoms with Crippen LogP contribution in [0.3, 0.4) is 0 Å². The average molecular weight is 295 g/mol. The van der Waals surface area contributed by atoms with E-state index in [0.29, 0.717) is 6.54 Å². The van der Waals surface area contributed by atoms with Gasteiger partial charge in [-0.2, -0.15) is 0 Å². The maximum atomic E-state index is 12.3. The zero-order valence-electron chi connectivity index (χ0n) is 11.9. The highest BCUT2D eigenvalue weighted by molar-refractivity contribution is 5.85. The van der Waals surface area contributed by atoms with Crippen molar-refractivity contribution >= 4 is 11.8 Å². The van der Waals surface area contributed by atoms with Gasteiger partial charge in [-0.25, -0.2) is 8.78 Å². The van der Waals surface area contributed by atoms with E-state index in [-0.39, 0.29) is 32.1 Å². The minimum absolute atomic E-state index is 0.00798. The summed E-state index contributed by atoms with van der Waals surface area (Å²) in [7, 11) is 1.44. The van der Waals surface area contributed by atoms with Gasteiger partial charge in [-0.15, -0.1) is 0 Å². The molecule has 2 amide bonds. The van der Waals surface area contributed by atoms with Gasteiger partial charge in [-0.1, -0.05) is 6.92 Å². The summed E-state index contributed by atoms with van der Waals surface area (Å²) in [5, 5.41) is 11.4. The molecule has 0 saturated heterocycles. The molecule has 0 aliphatic carbocycles. The van der Waals surface area contributed by atoms with Crippen LogP contribution in [0.25, 0.3) is 0 Å². The molecular weight excluding hydrogens is 272 g/mol. The highest BCUT2D eigenvalue weighted by Gasteiger charge is 2.18. The van der Waals surface area contributed by atoms with E-state index in [4.69, 9.17) is 5.11 Å². The molecule has 0 atom stereocenters. The number of likely N-dealkylation sites (N-methyl/N-ethyl adjacent to an activating group) is 1. The molecule has 118 valence electrons. The van der Waals surface area contributed by atoms with E-state index < -0.39 is 18.9 Å². The standard InChI is InChI=1S/C12H23F2N3O3/c1-3-4-15-11(19)8-16(2)12(20)9-17(5-6-18)7-10(13)14/h10,18H,3-9H2,1-2H3,(H,15,19). The van der Waals surface area contributed by atoms with E-state index >= 15 is 0 Å². The quantitative estimate of drug-likeness (QED) is 0.571. The normalized spacial score (nSPS) is 10.9. The van der Waals surface area contributed by atoms with Crippen molar-refractivity contribution in [1.82, 2.24) is 15.1 Å². The van der Waals surface area contributed by atoms with Crippen LogP contribution in [-0.4, -0.2) is 79.5 Å². The topological polar surface area (TPSA) is 72.9 Å². The van der Waals surface area contributed by atoms with Gasteiger partial charge < -0.3 is 15.3 Å². The summed E-state index contributed by atoms with van der Waals surface area (Å²) in [6.07, 6.45) is -1.78. The molecule has 6 nitrogen and oxygen atoms in total. The second-order valence-electron chi connectivity index (χ2n) is 4.45. The molecule has 0 fully saturated rings. The number of aliphatic hydroxyl groups is 1. The van der Waals surface area contributed by atoms with Crippen LogP contribution in [0.5, 0.6) is 0 Å². The first-order chi connectivity index (χ1) is 9.40. The van der Waals surface area contributed by atoms with Crippen LogP contribution in [0.2, 0.25) is 0 Å². The molecule has 0 aliphatic heterocycles. The smallest absolute Gasteiger partial charge is 0.251 e. The molecule has 0 spiro atoms. The van der Waals surface area contributed by atoms with Crippen LogP contribution in [0.15, 0.2) is 0 Å². The third-order valence-electron chi connectivity index (χ3n) is 2.55. The zero-order chi connectivity index (χ0) is 15.5. The lowest BCUT2D eigenvalue weighted by Gasteiger charge is -2.23. The lowest BCUT2D eigenvalue weighted by molar-refractivity contribution is -0.136. The van der Waals surface area contributed by atoms with Crippen LogP contribution < -0.4 is 5.32 Å². The Bertz CT molecular complexity index is 304. The summed E-state index contributed by atoms with van der Waals surface area (Å²) in [5.74, 6) is -0.726. The van der Waals surface area contributed by atoms with E-state index in [0.717, 1.165) is 11.3 Å². The SMILES string of the molecule is CCCNC(=O)CN(C)C(=O)CN(CCO)CC(F)F. The number of rotatable bonds is 10. The fourth-order valence-corrected chi connectivity index (χ4v) is 1.51. The highest BCUT2D eigenvalue weighted by atomic mass is 19.3. The summed E-state index contributed by atoms with van der Waals surface area (Å²) < 4.78 is 24.6. The monoisotopic (exact) mass is 295 g/mol. The number of alkyl halides is 2. The first kappa shape index (κ1) is 18.7. The van der Waals surface area contributed by atoms with Crippen molar-refractivity contribution in [2.45, 2.75) is 19.8 Å². The van der Waals surface area contributed by atoms with Crippen molar-refractivity contribution < 1.29 is 23.5 Å². The van der Waals surface area contributed by atoms with Crippen molar-refractivity contribution in [2.75, 3.05) is 46.4 Å². The van der Waals surface area contributed by atoms with Crippen molar-refractivity contribution in [3.8, 4) is 0 Å². The number of halogens is 2. The molecule has 0 radical (unpaired) electrons. The maximum absolute atomic E-state index is 12.3. The van der Waals surface area contributed by atoms with Crippen LogP contribution in [0, 0.1) is 0 Å². The van der Waals surface area contributed by atoms with Gasteiger partial charge in [0.25, 0.3) is 6.43 Å². The number of nitrogens with zero attached hydrogens (tertiary/aromatic N) is 2. The van der Waals surface area contributed by atoms with Crippen molar-refractivity contribution in [1.29, 1.82) is 0 Å². The first-order valence-electron chi connectivity index (χ1n) is 6.52. The predicted molar refractivity (Wildman–Crippen MR) is 70.5 cm³/mol. The highest BCUT2D eigenvalue weighted by Crippen LogP contribution is 1.99. The molecule has 0 aromatic heterocycles. The number of hydrogen-bond acceptors (Lipinski definition) is 4. The Kier molecular flexibility index (Phi) is 9.83. The van der Waals surface area contributed by atoms with E-state index in [1.165, 1.54) is 11.9 Å². The van der Waals surface area contributed by atoms with Gasteiger partial charge in [0.2, 0.25) is 11.8 Å². The molecule has 0 heterocycles. The van der Waals surface area contributed by atoms with Gasteiger partial charge in [0, 0.05) is 20.1 Å².